The Morgan fingerprint density at radius 2 is 2.15 bits per heavy atom. The highest BCUT2D eigenvalue weighted by Gasteiger charge is 2.52. The molecule has 0 spiro atoms. The summed E-state index contributed by atoms with van der Waals surface area (Å²) in [5.41, 5.74) is 0.978. The Morgan fingerprint density at radius 3 is 2.85 bits per heavy atom. The minimum absolute atomic E-state index is 0.209. The fourth-order valence-electron chi connectivity index (χ4n) is 3.51. The number of imidazole rings is 1. The molecule has 0 aromatic carbocycles. The van der Waals surface area contributed by atoms with Gasteiger partial charge in [0.15, 0.2) is 0 Å². The van der Waals surface area contributed by atoms with Crippen molar-refractivity contribution < 1.29 is 18.6 Å². The van der Waals surface area contributed by atoms with E-state index in [1.54, 1.807) is 13.3 Å². The maximum Gasteiger partial charge on any atom is 0.402 e. The van der Waals surface area contributed by atoms with Crippen LogP contribution in [0.5, 0.6) is 0 Å². The van der Waals surface area contributed by atoms with Crippen LogP contribution in [0.1, 0.15) is 37.3 Å². The lowest BCUT2D eigenvalue weighted by Gasteiger charge is -2.33. The molecular formula is C18H22N5O3+. The van der Waals surface area contributed by atoms with Gasteiger partial charge in [-0.05, 0) is 25.5 Å². The predicted octanol–water partition coefficient (Wildman–Crippen LogP) is 2.00. The van der Waals surface area contributed by atoms with Gasteiger partial charge in [0.25, 0.3) is 5.91 Å². The van der Waals surface area contributed by atoms with Gasteiger partial charge in [-0.25, -0.2) is 13.9 Å². The van der Waals surface area contributed by atoms with Crippen LogP contribution >= 0.6 is 0 Å². The van der Waals surface area contributed by atoms with Crippen LogP contribution in [0.3, 0.4) is 0 Å². The second-order valence-corrected chi connectivity index (χ2v) is 6.70. The molecule has 2 aromatic heterocycles. The Bertz CT molecular complexity index is 896. The third kappa shape index (κ3) is 2.36. The molecule has 0 aliphatic carbocycles. The molecule has 1 saturated heterocycles. The Balaban J connectivity index is 1.73. The van der Waals surface area contributed by atoms with Crippen molar-refractivity contribution >= 4 is 23.7 Å². The van der Waals surface area contributed by atoms with Crippen LogP contribution in [-0.2, 0) is 11.3 Å². The fraction of sp³-hybridized carbons (Fsp3) is 0.444. The lowest BCUT2D eigenvalue weighted by atomic mass is 10.1. The number of hydrogen-bond donors (Lipinski definition) is 0. The van der Waals surface area contributed by atoms with Gasteiger partial charge < -0.3 is 4.42 Å². The van der Waals surface area contributed by atoms with Crippen molar-refractivity contribution in [3.05, 3.63) is 36.0 Å². The highest BCUT2D eigenvalue weighted by Crippen LogP contribution is 2.29. The lowest BCUT2D eigenvalue weighted by Crippen LogP contribution is -2.62. The standard InChI is InChI=1S/C18H22N5O3/c1-4-5-8-21-16(24)14-15(20(3)18(21)25)19-17-22(12(2)10-23(14)17)11-13-7-6-9-26-13/h6-7,9-10,14H,4-5,8,11H2,1-3H3/q+1. The molecule has 0 radical (unpaired) electrons. The van der Waals surface area contributed by atoms with E-state index in [2.05, 4.69) is 4.99 Å². The summed E-state index contributed by atoms with van der Waals surface area (Å²) in [4.78, 5) is 33.1. The third-order valence-electron chi connectivity index (χ3n) is 4.95. The summed E-state index contributed by atoms with van der Waals surface area (Å²) in [6.07, 6.45) is 5.26. The summed E-state index contributed by atoms with van der Waals surface area (Å²) in [6, 6.07) is 2.85. The van der Waals surface area contributed by atoms with E-state index in [0.29, 0.717) is 24.9 Å². The maximum absolute atomic E-state index is 13.0. The number of aryl methyl sites for hydroxylation is 1. The molecule has 1 unspecified atom stereocenters. The van der Waals surface area contributed by atoms with Gasteiger partial charge in [0.1, 0.15) is 24.2 Å². The number of amidine groups is 1. The van der Waals surface area contributed by atoms with Crippen LogP contribution in [0.15, 0.2) is 34.0 Å². The van der Waals surface area contributed by atoms with E-state index < -0.39 is 6.04 Å². The number of carbonyl (C=O) groups is 2. The number of aliphatic imine (C=N–C) groups is 1. The molecule has 4 rings (SSSR count). The number of rotatable bonds is 5. The minimum Gasteiger partial charge on any atom is -0.466 e. The molecule has 1 atom stereocenters. The maximum atomic E-state index is 13.0. The van der Waals surface area contributed by atoms with Crippen molar-refractivity contribution in [2.24, 2.45) is 4.99 Å². The molecule has 0 saturated carbocycles. The van der Waals surface area contributed by atoms with Crippen LogP contribution in [0.4, 0.5) is 10.7 Å². The fourth-order valence-corrected chi connectivity index (χ4v) is 3.51. The molecule has 0 bridgehead atoms. The minimum atomic E-state index is -0.582. The molecule has 8 heteroatoms. The van der Waals surface area contributed by atoms with E-state index in [-0.39, 0.29) is 11.9 Å². The highest BCUT2D eigenvalue weighted by atomic mass is 16.3. The molecule has 2 aliphatic rings. The SMILES string of the molecule is CCCCN1C(=O)C2C(=Nc3n(Cc4ccco4)c(C)c[n+]32)N(C)C1=O. The molecular weight excluding hydrogens is 334 g/mol. The smallest absolute Gasteiger partial charge is 0.402 e. The Hall–Kier alpha value is -2.90. The topological polar surface area (TPSA) is 74.9 Å². The summed E-state index contributed by atoms with van der Waals surface area (Å²) >= 11 is 0. The summed E-state index contributed by atoms with van der Waals surface area (Å²) in [5, 5.41) is 0. The van der Waals surface area contributed by atoms with Gasteiger partial charge in [-0.15, -0.1) is 0 Å². The normalized spacial score (nSPS) is 19.0. The number of urea groups is 1. The Morgan fingerprint density at radius 1 is 1.35 bits per heavy atom. The van der Waals surface area contributed by atoms with Crippen LogP contribution in [0.25, 0.3) is 0 Å². The number of nitrogens with zero attached hydrogens (tertiary/aromatic N) is 5. The van der Waals surface area contributed by atoms with Crippen LogP contribution < -0.4 is 4.57 Å². The number of aromatic nitrogens is 2. The predicted molar refractivity (Wildman–Crippen MR) is 93.1 cm³/mol. The zero-order chi connectivity index (χ0) is 18.4. The van der Waals surface area contributed by atoms with Crippen molar-refractivity contribution in [1.82, 2.24) is 14.4 Å². The van der Waals surface area contributed by atoms with Gasteiger partial charge in [-0.1, -0.05) is 18.3 Å². The van der Waals surface area contributed by atoms with Crippen molar-refractivity contribution in [3.8, 4) is 0 Å². The first-order valence-corrected chi connectivity index (χ1v) is 8.84. The monoisotopic (exact) mass is 356 g/mol. The zero-order valence-electron chi connectivity index (χ0n) is 15.2. The van der Waals surface area contributed by atoms with Crippen LogP contribution in [-0.4, -0.2) is 45.7 Å². The van der Waals surface area contributed by atoms with Gasteiger partial charge in [-0.2, -0.15) is 0 Å². The molecule has 0 N–H and O–H groups in total. The highest BCUT2D eigenvalue weighted by molar-refractivity contribution is 6.19. The van der Waals surface area contributed by atoms with E-state index in [9.17, 15) is 9.59 Å². The van der Waals surface area contributed by atoms with E-state index in [1.807, 2.05) is 41.3 Å². The summed E-state index contributed by atoms with van der Waals surface area (Å²) < 4.78 is 9.29. The van der Waals surface area contributed by atoms with Gasteiger partial charge >= 0.3 is 12.0 Å². The van der Waals surface area contributed by atoms with E-state index in [0.717, 1.165) is 24.3 Å². The van der Waals surface area contributed by atoms with Crippen LogP contribution in [0, 0.1) is 6.92 Å². The summed E-state index contributed by atoms with van der Waals surface area (Å²) in [7, 11) is 1.68. The number of furan rings is 1. The van der Waals surface area contributed by atoms with Crippen molar-refractivity contribution in [1.29, 1.82) is 0 Å². The molecule has 136 valence electrons. The number of fused-ring (bicyclic) bond motifs is 3. The van der Waals surface area contributed by atoms with Crippen molar-refractivity contribution in [3.63, 3.8) is 0 Å². The number of likely N-dealkylation sites (N-methyl/N-ethyl adjacent to an activating group) is 1. The first kappa shape index (κ1) is 16.6. The molecule has 8 nitrogen and oxygen atoms in total. The molecule has 2 aromatic rings. The van der Waals surface area contributed by atoms with Gasteiger partial charge in [-0.3, -0.25) is 14.6 Å². The van der Waals surface area contributed by atoms with Crippen LogP contribution in [0.2, 0.25) is 0 Å². The zero-order valence-corrected chi connectivity index (χ0v) is 15.2. The van der Waals surface area contributed by atoms with Crippen molar-refractivity contribution in [2.45, 2.75) is 39.3 Å². The number of imide groups is 1. The van der Waals surface area contributed by atoms with Crippen molar-refractivity contribution in [2.75, 3.05) is 13.6 Å². The second-order valence-electron chi connectivity index (χ2n) is 6.70. The number of unbranched alkanes of at least 4 members (excludes halogenated alkanes) is 1. The van der Waals surface area contributed by atoms with E-state index in [4.69, 9.17) is 4.42 Å². The molecule has 26 heavy (non-hydrogen) atoms. The molecule has 4 heterocycles. The molecule has 1 fully saturated rings. The Labute approximate surface area is 151 Å². The number of carbonyl (C=O) groups excluding carboxylic acids is 2. The third-order valence-corrected chi connectivity index (χ3v) is 4.95. The number of hydrogen-bond acceptors (Lipinski definition) is 4. The largest absolute Gasteiger partial charge is 0.466 e. The average molecular weight is 356 g/mol. The Kier molecular flexibility index (Phi) is 3.90. The van der Waals surface area contributed by atoms with E-state index in [1.165, 1.54) is 9.80 Å². The van der Waals surface area contributed by atoms with Gasteiger partial charge in [0, 0.05) is 13.6 Å². The average Bonchev–Trinajstić information content (AvgIpc) is 3.31. The first-order chi connectivity index (χ1) is 12.5. The molecule has 3 amide bonds. The van der Waals surface area contributed by atoms with Gasteiger partial charge in [0.05, 0.1) is 6.26 Å². The van der Waals surface area contributed by atoms with Gasteiger partial charge in [0.2, 0.25) is 11.9 Å². The molecule has 2 aliphatic heterocycles. The first-order valence-electron chi connectivity index (χ1n) is 8.84. The lowest BCUT2D eigenvalue weighted by molar-refractivity contribution is -0.677. The number of amides is 3. The quantitative estimate of drug-likeness (QED) is 0.769. The summed E-state index contributed by atoms with van der Waals surface area (Å²) in [5.74, 6) is 1.74. The second kappa shape index (κ2) is 6.12. The van der Waals surface area contributed by atoms with E-state index >= 15 is 0 Å². The summed E-state index contributed by atoms with van der Waals surface area (Å²) in [6.45, 7) is 4.97.